The van der Waals surface area contributed by atoms with E-state index in [-0.39, 0.29) is 0 Å². The summed E-state index contributed by atoms with van der Waals surface area (Å²) in [4.78, 5) is 2.24. The average Bonchev–Trinajstić information content (AvgIpc) is 2.73. The fraction of sp³-hybridized carbons (Fsp3) is 0.333. The molecule has 2 rings (SSSR count). The molecule has 0 amide bonds. The summed E-state index contributed by atoms with van der Waals surface area (Å²) in [5, 5.41) is 0.768. The van der Waals surface area contributed by atoms with Crippen molar-refractivity contribution in [3.8, 4) is 0 Å². The highest BCUT2D eigenvalue weighted by molar-refractivity contribution is 6.30. The molecule has 0 fully saturated rings. The molecule has 1 aromatic carbocycles. The van der Waals surface area contributed by atoms with Gasteiger partial charge in [-0.25, -0.2) is 0 Å². The Balaban J connectivity index is 1.98. The van der Waals surface area contributed by atoms with E-state index in [9.17, 15) is 0 Å². The molecule has 2 aromatic rings. The zero-order valence-corrected chi connectivity index (χ0v) is 12.1. The van der Waals surface area contributed by atoms with Crippen LogP contribution in [0.3, 0.4) is 0 Å². The van der Waals surface area contributed by atoms with Crippen LogP contribution < -0.4 is 5.73 Å². The van der Waals surface area contributed by atoms with Gasteiger partial charge in [-0.15, -0.1) is 0 Å². The van der Waals surface area contributed by atoms with Crippen LogP contribution in [0.25, 0.3) is 0 Å². The minimum Gasteiger partial charge on any atom is -0.465 e. The Hall–Kier alpha value is -1.29. The van der Waals surface area contributed by atoms with Crippen LogP contribution in [0.5, 0.6) is 0 Å². The van der Waals surface area contributed by atoms with Crippen LogP contribution >= 0.6 is 11.6 Å². The molecule has 0 aliphatic heterocycles. The van der Waals surface area contributed by atoms with E-state index in [2.05, 4.69) is 11.9 Å². The molecule has 0 aliphatic carbocycles. The van der Waals surface area contributed by atoms with Crippen molar-refractivity contribution in [2.75, 3.05) is 7.05 Å². The number of nitrogens with zero attached hydrogens (tertiary/aromatic N) is 1. The normalized spacial score (nSPS) is 11.2. The third-order valence-corrected chi connectivity index (χ3v) is 3.33. The fourth-order valence-corrected chi connectivity index (χ4v) is 2.22. The molecule has 0 saturated carbocycles. The lowest BCUT2D eigenvalue weighted by atomic mass is 10.2. The van der Waals surface area contributed by atoms with Gasteiger partial charge in [-0.2, -0.15) is 0 Å². The molecule has 0 spiro atoms. The highest BCUT2D eigenvalue weighted by Gasteiger charge is 2.09. The number of aryl methyl sites for hydroxylation is 1. The van der Waals surface area contributed by atoms with Crippen molar-refractivity contribution < 1.29 is 4.42 Å². The molecular weight excluding hydrogens is 260 g/mol. The van der Waals surface area contributed by atoms with E-state index in [0.717, 1.165) is 29.6 Å². The lowest BCUT2D eigenvalue weighted by Crippen LogP contribution is -2.17. The predicted molar refractivity (Wildman–Crippen MR) is 78.0 cm³/mol. The number of rotatable bonds is 5. The molecule has 0 unspecified atom stereocenters. The largest absolute Gasteiger partial charge is 0.465 e. The monoisotopic (exact) mass is 278 g/mol. The molecule has 0 radical (unpaired) electrons. The number of furan rings is 1. The van der Waals surface area contributed by atoms with E-state index in [1.54, 1.807) is 0 Å². The van der Waals surface area contributed by atoms with Crippen molar-refractivity contribution in [1.82, 2.24) is 4.90 Å². The van der Waals surface area contributed by atoms with Crippen molar-refractivity contribution in [1.29, 1.82) is 0 Å². The number of halogens is 1. The van der Waals surface area contributed by atoms with Crippen LogP contribution in [0.15, 0.2) is 34.7 Å². The molecule has 0 aliphatic rings. The second-order valence-electron chi connectivity index (χ2n) is 4.80. The minimum absolute atomic E-state index is 0.446. The maximum Gasteiger partial charge on any atom is 0.118 e. The third kappa shape index (κ3) is 3.83. The van der Waals surface area contributed by atoms with Gasteiger partial charge in [0.1, 0.15) is 11.5 Å². The summed E-state index contributed by atoms with van der Waals surface area (Å²) in [5.41, 5.74) is 8.01. The van der Waals surface area contributed by atoms with Gasteiger partial charge in [0.25, 0.3) is 0 Å². The quantitative estimate of drug-likeness (QED) is 0.912. The van der Waals surface area contributed by atoms with Gasteiger partial charge in [0.05, 0.1) is 6.54 Å². The van der Waals surface area contributed by atoms with E-state index in [4.69, 9.17) is 21.8 Å². The summed E-state index contributed by atoms with van der Waals surface area (Å²) in [6.07, 6.45) is 0. The van der Waals surface area contributed by atoms with Gasteiger partial charge >= 0.3 is 0 Å². The van der Waals surface area contributed by atoms with Gasteiger partial charge < -0.3 is 10.2 Å². The molecule has 102 valence electrons. The number of benzene rings is 1. The maximum absolute atomic E-state index is 5.88. The summed E-state index contributed by atoms with van der Waals surface area (Å²) in [5.74, 6) is 1.79. The van der Waals surface area contributed by atoms with Crippen molar-refractivity contribution in [3.63, 3.8) is 0 Å². The van der Waals surface area contributed by atoms with E-state index < -0.39 is 0 Å². The van der Waals surface area contributed by atoms with Gasteiger partial charge in [0.2, 0.25) is 0 Å². The zero-order valence-electron chi connectivity index (χ0n) is 11.3. The molecule has 1 heterocycles. The lowest BCUT2D eigenvalue weighted by Gasteiger charge is -2.16. The molecular formula is C15H19ClN2O. The molecule has 0 bridgehead atoms. The molecule has 0 saturated heterocycles. The Morgan fingerprint density at radius 3 is 2.47 bits per heavy atom. The number of hydrogen-bond acceptors (Lipinski definition) is 3. The standard InChI is InChI=1S/C15H19ClN2O/c1-11-13(7-15(8-17)19-11)10-18(2)9-12-3-5-14(16)6-4-12/h3-7H,8-10,17H2,1-2H3. The summed E-state index contributed by atoms with van der Waals surface area (Å²) in [7, 11) is 2.09. The van der Waals surface area contributed by atoms with Crippen LogP contribution in [-0.2, 0) is 19.6 Å². The van der Waals surface area contributed by atoms with Crippen molar-refractivity contribution in [3.05, 3.63) is 58.0 Å². The van der Waals surface area contributed by atoms with Gasteiger partial charge in [0.15, 0.2) is 0 Å². The predicted octanol–water partition coefficient (Wildman–Crippen LogP) is 3.33. The third-order valence-electron chi connectivity index (χ3n) is 3.08. The SMILES string of the molecule is Cc1oc(CN)cc1CN(C)Cc1ccc(Cl)cc1. The van der Waals surface area contributed by atoms with Gasteiger partial charge in [0, 0.05) is 23.7 Å². The Kier molecular flexibility index (Phi) is 4.64. The van der Waals surface area contributed by atoms with Crippen molar-refractivity contribution >= 4 is 11.6 Å². The summed E-state index contributed by atoms with van der Waals surface area (Å²) < 4.78 is 5.56. The van der Waals surface area contributed by atoms with Crippen LogP contribution in [-0.4, -0.2) is 11.9 Å². The molecule has 3 nitrogen and oxygen atoms in total. The summed E-state index contributed by atoms with van der Waals surface area (Å²) in [6.45, 7) is 4.14. The van der Waals surface area contributed by atoms with Crippen LogP contribution in [0.2, 0.25) is 5.02 Å². The number of hydrogen-bond donors (Lipinski definition) is 1. The van der Waals surface area contributed by atoms with E-state index in [1.807, 2.05) is 37.3 Å². The highest BCUT2D eigenvalue weighted by atomic mass is 35.5. The van der Waals surface area contributed by atoms with Crippen LogP contribution in [0.4, 0.5) is 0 Å². The first-order chi connectivity index (χ1) is 9.08. The van der Waals surface area contributed by atoms with E-state index in [0.29, 0.717) is 6.54 Å². The first-order valence-electron chi connectivity index (χ1n) is 6.29. The van der Waals surface area contributed by atoms with Crippen LogP contribution in [0, 0.1) is 6.92 Å². The molecule has 2 N–H and O–H groups in total. The van der Waals surface area contributed by atoms with Gasteiger partial charge in [-0.05, 0) is 37.7 Å². The van der Waals surface area contributed by atoms with Crippen molar-refractivity contribution in [2.24, 2.45) is 5.73 Å². The topological polar surface area (TPSA) is 42.4 Å². The zero-order chi connectivity index (χ0) is 13.8. The first-order valence-corrected chi connectivity index (χ1v) is 6.67. The van der Waals surface area contributed by atoms with E-state index in [1.165, 1.54) is 11.1 Å². The smallest absolute Gasteiger partial charge is 0.118 e. The first kappa shape index (κ1) is 14.1. The van der Waals surface area contributed by atoms with Gasteiger partial charge in [-0.3, -0.25) is 4.90 Å². The minimum atomic E-state index is 0.446. The lowest BCUT2D eigenvalue weighted by molar-refractivity contribution is 0.316. The molecule has 1 aromatic heterocycles. The van der Waals surface area contributed by atoms with Crippen molar-refractivity contribution in [2.45, 2.75) is 26.6 Å². The maximum atomic E-state index is 5.88. The van der Waals surface area contributed by atoms with Gasteiger partial charge in [-0.1, -0.05) is 23.7 Å². The average molecular weight is 279 g/mol. The summed E-state index contributed by atoms with van der Waals surface area (Å²) >= 11 is 5.88. The Labute approximate surface area is 119 Å². The Morgan fingerprint density at radius 1 is 1.21 bits per heavy atom. The number of nitrogens with two attached hydrogens (primary N) is 1. The molecule has 19 heavy (non-hydrogen) atoms. The summed E-state index contributed by atoms with van der Waals surface area (Å²) in [6, 6.07) is 9.97. The van der Waals surface area contributed by atoms with Crippen LogP contribution in [0.1, 0.15) is 22.6 Å². The Bertz CT molecular complexity index is 534. The Morgan fingerprint density at radius 2 is 1.89 bits per heavy atom. The molecule has 0 atom stereocenters. The van der Waals surface area contributed by atoms with E-state index >= 15 is 0 Å². The highest BCUT2D eigenvalue weighted by Crippen LogP contribution is 2.17. The second kappa shape index (κ2) is 6.24. The fourth-order valence-electron chi connectivity index (χ4n) is 2.09. The molecule has 4 heteroatoms. The second-order valence-corrected chi connectivity index (χ2v) is 5.23.